The molecule has 204 valence electrons. The Hall–Kier alpha value is -3.77. The normalized spacial score (nSPS) is 15.2. The third kappa shape index (κ3) is 5.52. The molecule has 1 aromatic heterocycles. The first-order chi connectivity index (χ1) is 18.6. The number of hydrogen-bond acceptors (Lipinski definition) is 9. The van der Waals surface area contributed by atoms with E-state index in [1.807, 2.05) is 26.0 Å². The molecule has 39 heavy (non-hydrogen) atoms. The molecule has 0 N–H and O–H groups in total. The molecule has 0 aliphatic carbocycles. The summed E-state index contributed by atoms with van der Waals surface area (Å²) >= 11 is 4.43. The number of ether oxygens (including phenoxy) is 3. The Kier molecular flexibility index (Phi) is 8.36. The number of carbonyl (C=O) groups is 1. The second-order valence-electron chi connectivity index (χ2n) is 8.82. The maximum absolute atomic E-state index is 13.9. The van der Waals surface area contributed by atoms with Gasteiger partial charge in [0.2, 0.25) is 5.75 Å². The average molecular weight is 616 g/mol. The summed E-state index contributed by atoms with van der Waals surface area (Å²) < 4.78 is 18.7. The lowest BCUT2D eigenvalue weighted by Gasteiger charge is -2.26. The molecule has 0 saturated heterocycles. The molecule has 1 atom stereocenters. The fourth-order valence-electron chi connectivity index (χ4n) is 4.33. The van der Waals surface area contributed by atoms with Crippen LogP contribution in [0.25, 0.3) is 6.08 Å². The number of nitrogens with zero attached hydrogens (tertiary/aromatic N) is 3. The molecule has 0 spiro atoms. The molecule has 0 unspecified atom stereocenters. The summed E-state index contributed by atoms with van der Waals surface area (Å²) in [4.78, 5) is 43.1. The van der Waals surface area contributed by atoms with Gasteiger partial charge in [0.25, 0.3) is 5.56 Å². The number of methoxy groups -OCH3 is 1. The van der Waals surface area contributed by atoms with Gasteiger partial charge in [-0.25, -0.2) is 9.79 Å². The third-order valence-electron chi connectivity index (χ3n) is 5.84. The van der Waals surface area contributed by atoms with Gasteiger partial charge in [-0.2, -0.15) is 0 Å². The van der Waals surface area contributed by atoms with E-state index in [1.165, 1.54) is 17.7 Å². The predicted octanol–water partition coefficient (Wildman–Crippen LogP) is 4.26. The molecular formula is C27H26BrN3O7S. The molecular weight excluding hydrogens is 590 g/mol. The number of hydrogen-bond donors (Lipinski definition) is 0. The lowest BCUT2D eigenvalue weighted by Crippen LogP contribution is -2.40. The zero-order valence-corrected chi connectivity index (χ0v) is 24.3. The van der Waals surface area contributed by atoms with Crippen LogP contribution >= 0.6 is 27.3 Å². The summed E-state index contributed by atoms with van der Waals surface area (Å²) in [7, 11) is 1.34. The first-order valence-electron chi connectivity index (χ1n) is 12.0. The highest BCUT2D eigenvalue weighted by atomic mass is 79.9. The van der Waals surface area contributed by atoms with Crippen molar-refractivity contribution >= 4 is 45.0 Å². The summed E-state index contributed by atoms with van der Waals surface area (Å²) in [6.45, 7) is 7.35. The molecule has 1 aliphatic rings. The third-order valence-corrected chi connectivity index (χ3v) is 7.41. The van der Waals surface area contributed by atoms with Gasteiger partial charge in [0.15, 0.2) is 4.80 Å². The van der Waals surface area contributed by atoms with Crippen LogP contribution in [-0.4, -0.2) is 35.3 Å². The Morgan fingerprint density at radius 3 is 2.67 bits per heavy atom. The summed E-state index contributed by atoms with van der Waals surface area (Å²) in [6, 6.07) is 9.33. The van der Waals surface area contributed by atoms with Crippen LogP contribution in [0.4, 0.5) is 5.69 Å². The van der Waals surface area contributed by atoms with Gasteiger partial charge in [-0.1, -0.05) is 29.5 Å². The monoisotopic (exact) mass is 615 g/mol. The molecule has 0 radical (unpaired) electrons. The molecule has 0 amide bonds. The van der Waals surface area contributed by atoms with Crippen molar-refractivity contribution in [1.29, 1.82) is 0 Å². The van der Waals surface area contributed by atoms with Crippen molar-refractivity contribution in [2.24, 2.45) is 4.99 Å². The van der Waals surface area contributed by atoms with E-state index in [2.05, 4.69) is 20.9 Å². The number of halogens is 1. The van der Waals surface area contributed by atoms with Crippen molar-refractivity contribution in [2.45, 2.75) is 39.8 Å². The van der Waals surface area contributed by atoms with Crippen molar-refractivity contribution in [1.82, 2.24) is 4.57 Å². The van der Waals surface area contributed by atoms with Crippen molar-refractivity contribution in [3.63, 3.8) is 0 Å². The summed E-state index contributed by atoms with van der Waals surface area (Å²) in [5.74, 6) is 0.0282. The van der Waals surface area contributed by atoms with E-state index in [9.17, 15) is 19.7 Å². The number of allylic oxidation sites excluding steroid dienone is 1. The van der Waals surface area contributed by atoms with Crippen LogP contribution in [0.1, 0.15) is 44.9 Å². The number of carbonyl (C=O) groups excluding carboxylic acids is 1. The Bertz CT molecular complexity index is 1670. The van der Waals surface area contributed by atoms with Gasteiger partial charge < -0.3 is 14.2 Å². The van der Waals surface area contributed by atoms with Crippen LogP contribution in [0.15, 0.2) is 61.9 Å². The van der Waals surface area contributed by atoms with Gasteiger partial charge >= 0.3 is 11.7 Å². The molecule has 0 saturated carbocycles. The first-order valence-corrected chi connectivity index (χ1v) is 13.6. The predicted molar refractivity (Wildman–Crippen MR) is 150 cm³/mol. The zero-order valence-electron chi connectivity index (χ0n) is 21.9. The van der Waals surface area contributed by atoms with Gasteiger partial charge in [-0.3, -0.25) is 19.5 Å². The lowest BCUT2D eigenvalue weighted by atomic mass is 9.95. The van der Waals surface area contributed by atoms with E-state index in [0.717, 1.165) is 11.3 Å². The number of rotatable bonds is 8. The number of thiazole rings is 1. The maximum Gasteiger partial charge on any atom is 0.338 e. The highest BCUT2D eigenvalue weighted by molar-refractivity contribution is 9.10. The van der Waals surface area contributed by atoms with E-state index < -0.39 is 22.5 Å². The van der Waals surface area contributed by atoms with E-state index in [0.29, 0.717) is 31.8 Å². The molecule has 2 heterocycles. The number of benzene rings is 2. The SMILES string of the molecule is CCOC(=O)C1=C(C)N=c2s/c(=C/c3cc(Br)c(OC)c([N+](=O)[O-])c3)c(=O)n2[C@@H]1c1ccccc1OC(C)C. The van der Waals surface area contributed by atoms with Gasteiger partial charge in [0.05, 0.1) is 45.0 Å². The molecule has 10 nitrogen and oxygen atoms in total. The van der Waals surface area contributed by atoms with Gasteiger partial charge in [-0.05, 0) is 67.4 Å². The number of fused-ring (bicyclic) bond motifs is 1. The van der Waals surface area contributed by atoms with Crippen molar-refractivity contribution in [2.75, 3.05) is 13.7 Å². The average Bonchev–Trinajstić information content (AvgIpc) is 3.17. The second-order valence-corrected chi connectivity index (χ2v) is 10.7. The van der Waals surface area contributed by atoms with E-state index >= 15 is 0 Å². The number of aromatic nitrogens is 1. The van der Waals surface area contributed by atoms with E-state index in [4.69, 9.17) is 14.2 Å². The Morgan fingerprint density at radius 1 is 1.31 bits per heavy atom. The topological polar surface area (TPSA) is 122 Å². The van der Waals surface area contributed by atoms with Crippen LogP contribution in [0.3, 0.4) is 0 Å². The molecule has 12 heteroatoms. The minimum atomic E-state index is -0.852. The summed E-state index contributed by atoms with van der Waals surface area (Å²) in [5, 5.41) is 11.6. The number of para-hydroxylation sites is 1. The van der Waals surface area contributed by atoms with Crippen LogP contribution < -0.4 is 24.4 Å². The minimum Gasteiger partial charge on any atom is -0.491 e. The fourth-order valence-corrected chi connectivity index (χ4v) is 6.00. The Morgan fingerprint density at radius 2 is 2.03 bits per heavy atom. The summed E-state index contributed by atoms with van der Waals surface area (Å²) in [6.07, 6.45) is 1.40. The first kappa shape index (κ1) is 28.2. The molecule has 1 aliphatic heterocycles. The fraction of sp³-hybridized carbons (Fsp3) is 0.296. The highest BCUT2D eigenvalue weighted by Gasteiger charge is 2.35. The quantitative estimate of drug-likeness (QED) is 0.211. The standard InChI is InChI=1S/C27H26BrN3O7S/c1-6-37-26(33)22-15(4)29-27-30(23(22)17-9-7-8-10-20(17)38-14(2)3)25(32)21(39-27)13-16-11-18(28)24(36-5)19(12-16)31(34)35/h7-14,23H,6H2,1-5H3/b21-13+/t23-/m1/s1. The number of esters is 1. The van der Waals surface area contributed by atoms with Crippen LogP contribution in [0.5, 0.6) is 11.5 Å². The van der Waals surface area contributed by atoms with Crippen LogP contribution in [0.2, 0.25) is 0 Å². The van der Waals surface area contributed by atoms with Crippen LogP contribution in [-0.2, 0) is 9.53 Å². The number of nitro benzene ring substituents is 1. The van der Waals surface area contributed by atoms with Crippen molar-refractivity contribution in [3.8, 4) is 11.5 Å². The highest BCUT2D eigenvalue weighted by Crippen LogP contribution is 2.37. The minimum absolute atomic E-state index is 0.0788. The largest absolute Gasteiger partial charge is 0.491 e. The smallest absolute Gasteiger partial charge is 0.338 e. The van der Waals surface area contributed by atoms with Crippen molar-refractivity contribution < 1.29 is 23.9 Å². The molecule has 2 aromatic carbocycles. The Labute approximate surface area is 236 Å². The van der Waals surface area contributed by atoms with Gasteiger partial charge in [0, 0.05) is 11.6 Å². The molecule has 3 aromatic rings. The second kappa shape index (κ2) is 11.5. The number of nitro groups is 1. The van der Waals surface area contributed by atoms with Crippen LogP contribution in [0, 0.1) is 10.1 Å². The molecule has 0 bridgehead atoms. The Balaban J connectivity index is 1.99. The summed E-state index contributed by atoms with van der Waals surface area (Å²) in [5.41, 5.74) is 1.03. The van der Waals surface area contributed by atoms with Crippen molar-refractivity contribution in [3.05, 3.63) is 93.1 Å². The van der Waals surface area contributed by atoms with Gasteiger partial charge in [0.1, 0.15) is 11.8 Å². The van der Waals surface area contributed by atoms with Gasteiger partial charge in [-0.15, -0.1) is 0 Å². The van der Waals surface area contributed by atoms with E-state index in [1.54, 1.807) is 38.1 Å². The zero-order chi connectivity index (χ0) is 28.4. The molecule has 0 fully saturated rings. The maximum atomic E-state index is 13.9. The lowest BCUT2D eigenvalue weighted by molar-refractivity contribution is -0.385. The molecule has 4 rings (SSSR count). The van der Waals surface area contributed by atoms with E-state index in [-0.39, 0.29) is 34.3 Å².